The summed E-state index contributed by atoms with van der Waals surface area (Å²) >= 11 is 3.52. The number of hydrogen-bond donors (Lipinski definition) is 0. The fourth-order valence-electron chi connectivity index (χ4n) is 2.70. The van der Waals surface area contributed by atoms with Crippen LogP contribution in [0.3, 0.4) is 0 Å². The van der Waals surface area contributed by atoms with Gasteiger partial charge in [-0.15, -0.1) is 5.10 Å². The van der Waals surface area contributed by atoms with E-state index in [0.29, 0.717) is 6.42 Å². The Morgan fingerprint density at radius 2 is 2.24 bits per heavy atom. The van der Waals surface area contributed by atoms with E-state index in [1.54, 1.807) is 6.20 Å². The number of carbonyl (C=O) groups is 1. The molecule has 0 bridgehead atoms. The molecule has 110 valence electrons. The second-order valence-corrected chi connectivity index (χ2v) is 6.11. The zero-order chi connectivity index (χ0) is 14.7. The Bertz CT molecular complexity index is 614. The van der Waals surface area contributed by atoms with E-state index < -0.39 is 0 Å². The molecule has 0 N–H and O–H groups in total. The van der Waals surface area contributed by atoms with Crippen molar-refractivity contribution < 1.29 is 4.79 Å². The molecule has 0 radical (unpaired) electrons. The summed E-state index contributed by atoms with van der Waals surface area (Å²) in [5.41, 5.74) is 1.18. The molecule has 0 unspecified atom stereocenters. The maximum atomic E-state index is 12.3. The summed E-state index contributed by atoms with van der Waals surface area (Å²) in [4.78, 5) is 14.2. The third kappa shape index (κ3) is 3.32. The van der Waals surface area contributed by atoms with Crippen molar-refractivity contribution in [2.24, 2.45) is 0 Å². The van der Waals surface area contributed by atoms with Crippen LogP contribution in [0, 0.1) is 0 Å². The monoisotopic (exact) mass is 348 g/mol. The van der Waals surface area contributed by atoms with Crippen LogP contribution in [-0.2, 0) is 11.2 Å². The molecule has 1 atom stereocenters. The fourth-order valence-corrected chi connectivity index (χ4v) is 3.18. The summed E-state index contributed by atoms with van der Waals surface area (Å²) in [5.74, 6) is 0.216. The first-order chi connectivity index (χ1) is 10.2. The van der Waals surface area contributed by atoms with Gasteiger partial charge in [-0.1, -0.05) is 39.3 Å². The fraction of sp³-hybridized carbons (Fsp3) is 0.400. The van der Waals surface area contributed by atoms with Crippen molar-refractivity contribution in [3.05, 3.63) is 46.7 Å². The number of nitrogens with zero attached hydrogens (tertiary/aromatic N) is 4. The molecule has 0 spiro atoms. The Balaban J connectivity index is 1.54. The molecular weight excluding hydrogens is 332 g/mol. The number of aromatic nitrogens is 3. The predicted octanol–water partition coefficient (Wildman–Crippen LogP) is 2.45. The smallest absolute Gasteiger partial charge is 0.222 e. The van der Waals surface area contributed by atoms with Gasteiger partial charge in [0.15, 0.2) is 0 Å². The number of amides is 1. The third-order valence-electron chi connectivity index (χ3n) is 3.90. The SMILES string of the molecule is O=C(CCc1ccccc1Br)N1CC[C@H](n2ccnn2)C1. The van der Waals surface area contributed by atoms with Crippen molar-refractivity contribution in [3.8, 4) is 0 Å². The number of halogens is 1. The minimum Gasteiger partial charge on any atom is -0.340 e. The van der Waals surface area contributed by atoms with Crippen molar-refractivity contribution in [3.63, 3.8) is 0 Å². The number of aryl methyl sites for hydroxylation is 1. The molecule has 0 saturated carbocycles. The first-order valence-electron chi connectivity index (χ1n) is 7.11. The van der Waals surface area contributed by atoms with Gasteiger partial charge in [-0.3, -0.25) is 4.79 Å². The lowest BCUT2D eigenvalue weighted by Gasteiger charge is -2.16. The maximum absolute atomic E-state index is 12.3. The summed E-state index contributed by atoms with van der Waals surface area (Å²) in [5, 5.41) is 7.85. The van der Waals surface area contributed by atoms with E-state index in [-0.39, 0.29) is 11.9 Å². The van der Waals surface area contributed by atoms with Gasteiger partial charge in [-0.25, -0.2) is 4.68 Å². The highest BCUT2D eigenvalue weighted by molar-refractivity contribution is 9.10. The first kappa shape index (κ1) is 14.3. The maximum Gasteiger partial charge on any atom is 0.222 e. The molecule has 1 aromatic carbocycles. The quantitative estimate of drug-likeness (QED) is 0.852. The molecule has 0 aliphatic carbocycles. The molecule has 1 aliphatic rings. The van der Waals surface area contributed by atoms with Gasteiger partial charge in [0.1, 0.15) is 0 Å². The molecule has 1 aromatic heterocycles. The van der Waals surface area contributed by atoms with E-state index >= 15 is 0 Å². The van der Waals surface area contributed by atoms with Crippen molar-refractivity contribution in [2.45, 2.75) is 25.3 Å². The number of benzene rings is 1. The van der Waals surface area contributed by atoms with Gasteiger partial charge < -0.3 is 4.90 Å². The number of rotatable bonds is 4. The van der Waals surface area contributed by atoms with Crippen LogP contribution < -0.4 is 0 Å². The van der Waals surface area contributed by atoms with Gasteiger partial charge >= 0.3 is 0 Å². The number of carbonyl (C=O) groups excluding carboxylic acids is 1. The third-order valence-corrected chi connectivity index (χ3v) is 4.67. The molecule has 3 rings (SSSR count). The molecule has 1 fully saturated rings. The highest BCUT2D eigenvalue weighted by Gasteiger charge is 2.27. The number of likely N-dealkylation sites (tertiary alicyclic amines) is 1. The summed E-state index contributed by atoms with van der Waals surface area (Å²) < 4.78 is 2.92. The van der Waals surface area contributed by atoms with E-state index in [1.807, 2.05) is 34.0 Å². The minimum absolute atomic E-state index is 0.216. The van der Waals surface area contributed by atoms with Gasteiger partial charge in [0.25, 0.3) is 0 Å². The zero-order valence-corrected chi connectivity index (χ0v) is 13.2. The average Bonchev–Trinajstić information content (AvgIpc) is 3.16. The Morgan fingerprint density at radius 1 is 1.38 bits per heavy atom. The second kappa shape index (κ2) is 6.39. The van der Waals surface area contributed by atoms with E-state index in [1.165, 1.54) is 5.56 Å². The van der Waals surface area contributed by atoms with E-state index in [2.05, 4.69) is 32.3 Å². The van der Waals surface area contributed by atoms with Crippen LogP contribution in [0.4, 0.5) is 0 Å². The van der Waals surface area contributed by atoms with Gasteiger partial charge in [0.2, 0.25) is 5.91 Å². The molecule has 1 aliphatic heterocycles. The van der Waals surface area contributed by atoms with Crippen molar-refractivity contribution in [1.29, 1.82) is 0 Å². The Kier molecular flexibility index (Phi) is 4.34. The molecule has 1 saturated heterocycles. The van der Waals surface area contributed by atoms with Crippen LogP contribution in [0.5, 0.6) is 0 Å². The predicted molar refractivity (Wildman–Crippen MR) is 82.7 cm³/mol. The second-order valence-electron chi connectivity index (χ2n) is 5.26. The van der Waals surface area contributed by atoms with Crippen molar-refractivity contribution in [1.82, 2.24) is 19.9 Å². The topological polar surface area (TPSA) is 51.0 Å². The van der Waals surface area contributed by atoms with Crippen LogP contribution in [0.25, 0.3) is 0 Å². The lowest BCUT2D eigenvalue weighted by molar-refractivity contribution is -0.130. The standard InChI is InChI=1S/C15H17BrN4O/c16-14-4-2-1-3-12(14)5-6-15(21)19-9-7-13(11-19)20-10-8-17-18-20/h1-4,8,10,13H,5-7,9,11H2/t13-/m0/s1. The van der Waals surface area contributed by atoms with Crippen molar-refractivity contribution in [2.75, 3.05) is 13.1 Å². The lowest BCUT2D eigenvalue weighted by Crippen LogP contribution is -2.29. The summed E-state index contributed by atoms with van der Waals surface area (Å²) in [6, 6.07) is 8.32. The number of hydrogen-bond acceptors (Lipinski definition) is 3. The van der Waals surface area contributed by atoms with Crippen LogP contribution in [0.2, 0.25) is 0 Å². The molecule has 5 nitrogen and oxygen atoms in total. The highest BCUT2D eigenvalue weighted by Crippen LogP contribution is 2.22. The Morgan fingerprint density at radius 3 is 3.00 bits per heavy atom. The summed E-state index contributed by atoms with van der Waals surface area (Å²) in [6.07, 6.45) is 5.80. The van der Waals surface area contributed by atoms with E-state index in [4.69, 9.17) is 0 Å². The molecular formula is C15H17BrN4O. The molecule has 21 heavy (non-hydrogen) atoms. The Labute approximate surface area is 132 Å². The van der Waals surface area contributed by atoms with Gasteiger partial charge in [0, 0.05) is 30.2 Å². The van der Waals surface area contributed by atoms with Gasteiger partial charge in [0.05, 0.1) is 12.2 Å². The molecule has 6 heteroatoms. The van der Waals surface area contributed by atoms with Crippen LogP contribution >= 0.6 is 15.9 Å². The Hall–Kier alpha value is -1.69. The van der Waals surface area contributed by atoms with Gasteiger partial charge in [-0.05, 0) is 24.5 Å². The first-order valence-corrected chi connectivity index (χ1v) is 7.90. The lowest BCUT2D eigenvalue weighted by atomic mass is 10.1. The van der Waals surface area contributed by atoms with Crippen LogP contribution in [0.15, 0.2) is 41.1 Å². The summed E-state index contributed by atoms with van der Waals surface area (Å²) in [7, 11) is 0. The summed E-state index contributed by atoms with van der Waals surface area (Å²) in [6.45, 7) is 1.54. The molecule has 2 aromatic rings. The molecule has 2 heterocycles. The van der Waals surface area contributed by atoms with E-state index in [0.717, 1.165) is 30.4 Å². The average molecular weight is 349 g/mol. The van der Waals surface area contributed by atoms with Gasteiger partial charge in [-0.2, -0.15) is 0 Å². The minimum atomic E-state index is 0.216. The zero-order valence-electron chi connectivity index (χ0n) is 11.7. The van der Waals surface area contributed by atoms with Crippen molar-refractivity contribution >= 4 is 21.8 Å². The van der Waals surface area contributed by atoms with Crippen LogP contribution in [0.1, 0.15) is 24.4 Å². The van der Waals surface area contributed by atoms with E-state index in [9.17, 15) is 4.79 Å². The normalized spacial score (nSPS) is 18.1. The van der Waals surface area contributed by atoms with Crippen LogP contribution in [-0.4, -0.2) is 38.9 Å². The molecule has 1 amide bonds. The largest absolute Gasteiger partial charge is 0.340 e. The highest BCUT2D eigenvalue weighted by atomic mass is 79.9.